The van der Waals surface area contributed by atoms with Crippen LogP contribution in [0.5, 0.6) is 0 Å². The van der Waals surface area contributed by atoms with Crippen molar-refractivity contribution in [2.24, 2.45) is 0 Å². The molecule has 0 aliphatic carbocycles. The zero-order valence-corrected chi connectivity index (χ0v) is 9.40. The van der Waals surface area contributed by atoms with Gasteiger partial charge >= 0.3 is 5.97 Å². The average Bonchev–Trinajstić information content (AvgIpc) is 2.39. The van der Waals surface area contributed by atoms with E-state index in [-0.39, 0.29) is 5.97 Å². The molecule has 16 heavy (non-hydrogen) atoms. The van der Waals surface area contributed by atoms with Crippen LogP contribution in [0.1, 0.15) is 41.4 Å². The minimum absolute atomic E-state index is 0.334. The molecule has 0 unspecified atom stereocenters. The highest BCUT2D eigenvalue weighted by molar-refractivity contribution is 5.88. The number of rotatable bonds is 2. The monoisotopic (exact) mass is 220 g/mol. The van der Waals surface area contributed by atoms with Crippen molar-refractivity contribution in [3.8, 4) is 0 Å². The lowest BCUT2D eigenvalue weighted by Gasteiger charge is -2.22. The Morgan fingerprint density at radius 1 is 1.50 bits per heavy atom. The fraction of sp³-hybridized carbons (Fsp3) is 0.500. The van der Waals surface area contributed by atoms with Crippen LogP contribution < -0.4 is 5.32 Å². The summed E-state index contributed by atoms with van der Waals surface area (Å²) in [7, 11) is 1.37. The smallest absolute Gasteiger partial charge is 0.339 e. The van der Waals surface area contributed by atoms with Crippen molar-refractivity contribution in [1.29, 1.82) is 0 Å². The van der Waals surface area contributed by atoms with Crippen LogP contribution in [-0.4, -0.2) is 24.6 Å². The van der Waals surface area contributed by atoms with Gasteiger partial charge in [0.05, 0.1) is 18.4 Å². The van der Waals surface area contributed by atoms with E-state index >= 15 is 0 Å². The number of carbonyl (C=O) groups is 1. The third kappa shape index (κ3) is 2.39. The second-order valence-corrected chi connectivity index (χ2v) is 3.97. The minimum atomic E-state index is -0.337. The fourth-order valence-electron chi connectivity index (χ4n) is 1.95. The lowest BCUT2D eigenvalue weighted by molar-refractivity contribution is 0.0600. The molecule has 0 aromatic carbocycles. The maximum atomic E-state index is 11.2. The predicted octanol–water partition coefficient (Wildman–Crippen LogP) is 1.68. The van der Waals surface area contributed by atoms with E-state index in [0.717, 1.165) is 18.7 Å². The van der Waals surface area contributed by atoms with Gasteiger partial charge in [0, 0.05) is 12.2 Å². The highest BCUT2D eigenvalue weighted by atomic mass is 16.5. The maximum Gasteiger partial charge on any atom is 0.339 e. The molecule has 1 aromatic rings. The number of hydrogen-bond donors (Lipinski definition) is 1. The molecule has 0 spiro atoms. The minimum Gasteiger partial charge on any atom is -0.465 e. The van der Waals surface area contributed by atoms with E-state index in [1.165, 1.54) is 20.0 Å². The highest BCUT2D eigenvalue weighted by Gasteiger charge is 2.16. The Labute approximate surface area is 95.0 Å². The standard InChI is InChI=1S/C12H16N2O2/c1-16-12(15)9-5-6-11(14-8-9)10-4-2-3-7-13-10/h5-6,8,10,13H,2-4,7H2,1H3/t10-/m0/s1. The first-order valence-corrected chi connectivity index (χ1v) is 5.59. The molecule has 2 heterocycles. The first-order valence-electron chi connectivity index (χ1n) is 5.59. The van der Waals surface area contributed by atoms with Gasteiger partial charge in [-0.2, -0.15) is 0 Å². The number of methoxy groups -OCH3 is 1. The zero-order chi connectivity index (χ0) is 11.4. The van der Waals surface area contributed by atoms with Crippen LogP contribution in [0.15, 0.2) is 18.3 Å². The summed E-state index contributed by atoms with van der Waals surface area (Å²) in [6.07, 6.45) is 5.16. The van der Waals surface area contributed by atoms with Crippen LogP contribution in [0.25, 0.3) is 0 Å². The van der Waals surface area contributed by atoms with E-state index in [2.05, 4.69) is 15.0 Å². The van der Waals surface area contributed by atoms with Gasteiger partial charge in [-0.1, -0.05) is 6.42 Å². The zero-order valence-electron chi connectivity index (χ0n) is 9.40. The number of nitrogens with one attached hydrogen (secondary N) is 1. The molecule has 1 aliphatic rings. The third-order valence-electron chi connectivity index (χ3n) is 2.87. The predicted molar refractivity (Wildman–Crippen MR) is 60.2 cm³/mol. The first kappa shape index (κ1) is 11.1. The van der Waals surface area contributed by atoms with Crippen LogP contribution in [-0.2, 0) is 4.74 Å². The van der Waals surface area contributed by atoms with Gasteiger partial charge in [-0.05, 0) is 31.5 Å². The Bertz CT molecular complexity index is 356. The van der Waals surface area contributed by atoms with Crippen LogP contribution in [0, 0.1) is 0 Å². The molecule has 1 saturated heterocycles. The number of piperidine rings is 1. The van der Waals surface area contributed by atoms with E-state index in [1.54, 1.807) is 12.3 Å². The quantitative estimate of drug-likeness (QED) is 0.770. The normalized spacial score (nSPS) is 20.4. The second-order valence-electron chi connectivity index (χ2n) is 3.97. The topological polar surface area (TPSA) is 51.2 Å². The van der Waals surface area contributed by atoms with Gasteiger partial charge in [-0.25, -0.2) is 4.79 Å². The molecule has 4 heteroatoms. The third-order valence-corrected chi connectivity index (χ3v) is 2.87. The largest absolute Gasteiger partial charge is 0.465 e. The first-order chi connectivity index (χ1) is 7.81. The molecule has 1 atom stereocenters. The van der Waals surface area contributed by atoms with Gasteiger partial charge in [0.15, 0.2) is 0 Å². The summed E-state index contributed by atoms with van der Waals surface area (Å²) in [6, 6.07) is 4.00. The lowest BCUT2D eigenvalue weighted by atomic mass is 10.0. The summed E-state index contributed by atoms with van der Waals surface area (Å²) < 4.78 is 4.63. The molecule has 1 aromatic heterocycles. The molecule has 4 nitrogen and oxygen atoms in total. The van der Waals surface area contributed by atoms with Crippen molar-refractivity contribution in [1.82, 2.24) is 10.3 Å². The van der Waals surface area contributed by atoms with Crippen LogP contribution >= 0.6 is 0 Å². The molecule has 0 radical (unpaired) electrons. The van der Waals surface area contributed by atoms with Gasteiger partial charge in [-0.3, -0.25) is 4.98 Å². The summed E-state index contributed by atoms with van der Waals surface area (Å²) >= 11 is 0. The molecular weight excluding hydrogens is 204 g/mol. The SMILES string of the molecule is COC(=O)c1ccc([C@@H]2CCCCN2)nc1. The molecule has 1 aliphatic heterocycles. The Kier molecular flexibility index (Phi) is 3.51. The number of ether oxygens (including phenoxy) is 1. The summed E-state index contributed by atoms with van der Waals surface area (Å²) in [4.78, 5) is 15.5. The Morgan fingerprint density at radius 2 is 2.38 bits per heavy atom. The van der Waals surface area contributed by atoms with Gasteiger partial charge < -0.3 is 10.1 Å². The van der Waals surface area contributed by atoms with Crippen molar-refractivity contribution in [3.05, 3.63) is 29.6 Å². The van der Waals surface area contributed by atoms with Crippen LogP contribution in [0.3, 0.4) is 0 Å². The van der Waals surface area contributed by atoms with Crippen molar-refractivity contribution in [2.75, 3.05) is 13.7 Å². The maximum absolute atomic E-state index is 11.2. The molecule has 1 N–H and O–H groups in total. The molecule has 0 bridgehead atoms. The molecule has 2 rings (SSSR count). The Morgan fingerprint density at radius 3 is 2.94 bits per heavy atom. The summed E-state index contributed by atoms with van der Waals surface area (Å²) in [5.74, 6) is -0.337. The fourth-order valence-corrected chi connectivity index (χ4v) is 1.95. The van der Waals surface area contributed by atoms with Gasteiger partial charge in [0.2, 0.25) is 0 Å². The van der Waals surface area contributed by atoms with E-state index < -0.39 is 0 Å². The number of pyridine rings is 1. The Hall–Kier alpha value is -1.42. The van der Waals surface area contributed by atoms with Crippen molar-refractivity contribution in [2.45, 2.75) is 25.3 Å². The lowest BCUT2D eigenvalue weighted by Crippen LogP contribution is -2.27. The van der Waals surface area contributed by atoms with Crippen molar-refractivity contribution < 1.29 is 9.53 Å². The summed E-state index contributed by atoms with van der Waals surface area (Å²) in [5.41, 5.74) is 1.51. The summed E-state index contributed by atoms with van der Waals surface area (Å²) in [5, 5.41) is 3.42. The Balaban J connectivity index is 2.09. The van der Waals surface area contributed by atoms with Crippen LogP contribution in [0.2, 0.25) is 0 Å². The number of hydrogen-bond acceptors (Lipinski definition) is 4. The number of esters is 1. The summed E-state index contributed by atoms with van der Waals surface area (Å²) in [6.45, 7) is 1.05. The number of aromatic nitrogens is 1. The molecule has 1 fully saturated rings. The molecular formula is C12H16N2O2. The average molecular weight is 220 g/mol. The van der Waals surface area contributed by atoms with Crippen LogP contribution in [0.4, 0.5) is 0 Å². The van der Waals surface area contributed by atoms with Crippen molar-refractivity contribution in [3.63, 3.8) is 0 Å². The molecule has 0 saturated carbocycles. The molecule has 86 valence electrons. The van der Waals surface area contributed by atoms with Gasteiger partial charge in [0.25, 0.3) is 0 Å². The van der Waals surface area contributed by atoms with E-state index in [4.69, 9.17) is 0 Å². The van der Waals surface area contributed by atoms with E-state index in [0.29, 0.717) is 11.6 Å². The van der Waals surface area contributed by atoms with E-state index in [1.807, 2.05) is 6.07 Å². The number of carbonyl (C=O) groups excluding carboxylic acids is 1. The highest BCUT2D eigenvalue weighted by Crippen LogP contribution is 2.21. The van der Waals surface area contributed by atoms with Gasteiger partial charge in [-0.15, -0.1) is 0 Å². The molecule has 0 amide bonds. The van der Waals surface area contributed by atoms with Gasteiger partial charge in [0.1, 0.15) is 0 Å². The second kappa shape index (κ2) is 5.07. The van der Waals surface area contributed by atoms with Crippen molar-refractivity contribution >= 4 is 5.97 Å². The number of nitrogens with zero attached hydrogens (tertiary/aromatic N) is 1. The van der Waals surface area contributed by atoms with E-state index in [9.17, 15) is 4.79 Å².